The second-order valence-corrected chi connectivity index (χ2v) is 5.21. The number of benzene rings is 2. The van der Waals surface area contributed by atoms with E-state index in [0.717, 1.165) is 9.26 Å². The van der Waals surface area contributed by atoms with Crippen molar-refractivity contribution in [3.63, 3.8) is 0 Å². The Morgan fingerprint density at radius 1 is 1.16 bits per heavy atom. The third-order valence-corrected chi connectivity index (χ3v) is 3.75. The number of amides is 1. The molecule has 0 aliphatic heterocycles. The second-order valence-electron chi connectivity index (χ2n) is 4.05. The summed E-state index contributed by atoms with van der Waals surface area (Å²) in [6, 6.07) is 15.0. The average Bonchev–Trinajstić information content (AvgIpc) is 2.46. The van der Waals surface area contributed by atoms with Gasteiger partial charge >= 0.3 is 0 Å². The molecule has 4 heteroatoms. The summed E-state index contributed by atoms with van der Waals surface area (Å²) >= 11 is 2.22. The van der Waals surface area contributed by atoms with Crippen molar-refractivity contribution < 1.29 is 9.53 Å². The van der Waals surface area contributed by atoms with Gasteiger partial charge in [0.25, 0.3) is 5.91 Å². The normalized spacial score (nSPS) is 10.1. The lowest BCUT2D eigenvalue weighted by Crippen LogP contribution is -2.26. The van der Waals surface area contributed by atoms with Gasteiger partial charge in [0.2, 0.25) is 0 Å². The number of halogens is 1. The van der Waals surface area contributed by atoms with Gasteiger partial charge < -0.3 is 9.64 Å². The van der Waals surface area contributed by atoms with Gasteiger partial charge in [0, 0.05) is 16.2 Å². The quantitative estimate of drug-likeness (QED) is 0.777. The molecule has 0 saturated carbocycles. The molecule has 2 aromatic carbocycles. The van der Waals surface area contributed by atoms with Crippen molar-refractivity contribution in [2.24, 2.45) is 0 Å². The monoisotopic (exact) mass is 367 g/mol. The van der Waals surface area contributed by atoms with Crippen molar-refractivity contribution >= 4 is 34.2 Å². The van der Waals surface area contributed by atoms with Crippen LogP contribution in [0.1, 0.15) is 10.4 Å². The molecule has 0 atom stereocenters. The molecule has 19 heavy (non-hydrogen) atoms. The molecular weight excluding hydrogens is 353 g/mol. The topological polar surface area (TPSA) is 29.5 Å². The van der Waals surface area contributed by atoms with E-state index < -0.39 is 0 Å². The third kappa shape index (κ3) is 3.07. The lowest BCUT2D eigenvalue weighted by atomic mass is 10.2. The summed E-state index contributed by atoms with van der Waals surface area (Å²) in [6.07, 6.45) is 0. The van der Waals surface area contributed by atoms with Gasteiger partial charge in [0.1, 0.15) is 5.75 Å². The Balaban J connectivity index is 2.31. The number of methoxy groups -OCH3 is 1. The minimum Gasteiger partial charge on any atom is -0.497 e. The lowest BCUT2D eigenvalue weighted by Gasteiger charge is -2.19. The van der Waals surface area contributed by atoms with Gasteiger partial charge in [-0.3, -0.25) is 4.79 Å². The maximum Gasteiger partial charge on any atom is 0.258 e. The first-order valence-corrected chi connectivity index (χ1v) is 6.88. The Hall–Kier alpha value is -1.56. The van der Waals surface area contributed by atoms with E-state index >= 15 is 0 Å². The van der Waals surface area contributed by atoms with E-state index in [-0.39, 0.29) is 5.91 Å². The van der Waals surface area contributed by atoms with Crippen molar-refractivity contribution in [3.05, 3.63) is 57.7 Å². The molecule has 0 saturated heterocycles. The molecule has 3 nitrogen and oxygen atoms in total. The smallest absolute Gasteiger partial charge is 0.258 e. The molecule has 0 aliphatic rings. The number of para-hydroxylation sites is 1. The summed E-state index contributed by atoms with van der Waals surface area (Å²) in [6.45, 7) is 0. The first kappa shape index (κ1) is 13.9. The molecule has 2 rings (SSSR count). The highest BCUT2D eigenvalue weighted by Gasteiger charge is 2.15. The Labute approximate surface area is 126 Å². The molecule has 98 valence electrons. The molecule has 0 aromatic heterocycles. The Morgan fingerprint density at radius 2 is 1.89 bits per heavy atom. The van der Waals surface area contributed by atoms with E-state index in [1.54, 1.807) is 31.2 Å². The highest BCUT2D eigenvalue weighted by Crippen LogP contribution is 2.23. The van der Waals surface area contributed by atoms with E-state index in [1.807, 2.05) is 36.4 Å². The SMILES string of the molecule is COc1cccc(C(=O)N(C)c2ccccc2I)c1. The van der Waals surface area contributed by atoms with Gasteiger partial charge in [-0.05, 0) is 52.9 Å². The summed E-state index contributed by atoms with van der Waals surface area (Å²) in [5, 5.41) is 0. The zero-order valence-corrected chi connectivity index (χ0v) is 12.9. The molecule has 0 heterocycles. The maximum absolute atomic E-state index is 12.4. The van der Waals surface area contributed by atoms with E-state index in [1.165, 1.54) is 0 Å². The molecule has 0 fully saturated rings. The van der Waals surface area contributed by atoms with Crippen LogP contribution in [-0.4, -0.2) is 20.1 Å². The van der Waals surface area contributed by atoms with Crippen molar-refractivity contribution in [2.45, 2.75) is 0 Å². The van der Waals surface area contributed by atoms with Crippen molar-refractivity contribution in [2.75, 3.05) is 19.1 Å². The summed E-state index contributed by atoms with van der Waals surface area (Å²) in [5.74, 6) is 0.630. The Bertz CT molecular complexity index is 598. The van der Waals surface area contributed by atoms with Crippen LogP contribution in [0.3, 0.4) is 0 Å². The number of ether oxygens (including phenoxy) is 1. The Morgan fingerprint density at radius 3 is 2.58 bits per heavy atom. The van der Waals surface area contributed by atoms with Crippen LogP contribution in [-0.2, 0) is 0 Å². The van der Waals surface area contributed by atoms with E-state index in [2.05, 4.69) is 22.6 Å². The van der Waals surface area contributed by atoms with Crippen LogP contribution in [0.2, 0.25) is 0 Å². The van der Waals surface area contributed by atoms with Gasteiger partial charge in [0.05, 0.1) is 12.8 Å². The van der Waals surface area contributed by atoms with Crippen LogP contribution in [0.5, 0.6) is 5.75 Å². The fourth-order valence-corrected chi connectivity index (χ4v) is 2.53. The molecule has 2 aromatic rings. The van der Waals surface area contributed by atoms with Gasteiger partial charge in [-0.2, -0.15) is 0 Å². The van der Waals surface area contributed by atoms with Gasteiger partial charge in [-0.25, -0.2) is 0 Å². The second kappa shape index (κ2) is 6.06. The fourth-order valence-electron chi connectivity index (χ4n) is 1.78. The first-order valence-electron chi connectivity index (χ1n) is 5.80. The van der Waals surface area contributed by atoms with Gasteiger partial charge in [-0.1, -0.05) is 18.2 Å². The first-order chi connectivity index (χ1) is 9.13. The number of hydrogen-bond donors (Lipinski definition) is 0. The van der Waals surface area contributed by atoms with Crippen LogP contribution in [0.4, 0.5) is 5.69 Å². The molecule has 0 unspecified atom stereocenters. The van der Waals surface area contributed by atoms with Gasteiger partial charge in [0.15, 0.2) is 0 Å². The number of hydrogen-bond acceptors (Lipinski definition) is 2. The van der Waals surface area contributed by atoms with E-state index in [0.29, 0.717) is 11.3 Å². The average molecular weight is 367 g/mol. The fraction of sp³-hybridized carbons (Fsp3) is 0.133. The molecule has 0 aliphatic carbocycles. The minimum absolute atomic E-state index is 0.0528. The summed E-state index contributed by atoms with van der Waals surface area (Å²) in [7, 11) is 3.37. The van der Waals surface area contributed by atoms with Crippen LogP contribution in [0.25, 0.3) is 0 Å². The lowest BCUT2D eigenvalue weighted by molar-refractivity contribution is 0.0992. The highest BCUT2D eigenvalue weighted by atomic mass is 127. The van der Waals surface area contributed by atoms with Crippen LogP contribution in [0.15, 0.2) is 48.5 Å². The highest BCUT2D eigenvalue weighted by molar-refractivity contribution is 14.1. The zero-order chi connectivity index (χ0) is 13.8. The molecule has 0 bridgehead atoms. The molecular formula is C15H14INO2. The third-order valence-electron chi connectivity index (χ3n) is 2.84. The number of carbonyl (C=O) groups excluding carboxylic acids is 1. The van der Waals surface area contributed by atoms with E-state index in [4.69, 9.17) is 4.74 Å². The van der Waals surface area contributed by atoms with Crippen LogP contribution >= 0.6 is 22.6 Å². The van der Waals surface area contributed by atoms with Crippen molar-refractivity contribution in [1.29, 1.82) is 0 Å². The summed E-state index contributed by atoms with van der Waals surface area (Å²) in [5.41, 5.74) is 1.51. The largest absolute Gasteiger partial charge is 0.497 e. The summed E-state index contributed by atoms with van der Waals surface area (Å²) < 4.78 is 6.18. The van der Waals surface area contributed by atoms with Crippen molar-refractivity contribution in [1.82, 2.24) is 0 Å². The predicted octanol–water partition coefficient (Wildman–Crippen LogP) is 3.58. The maximum atomic E-state index is 12.4. The Kier molecular flexibility index (Phi) is 4.42. The molecule has 0 spiro atoms. The standard InChI is InChI=1S/C15H14INO2/c1-17(14-9-4-3-8-13(14)16)15(18)11-6-5-7-12(10-11)19-2/h3-10H,1-2H3. The molecule has 1 amide bonds. The minimum atomic E-state index is -0.0528. The van der Waals surface area contributed by atoms with Crippen molar-refractivity contribution in [3.8, 4) is 5.75 Å². The zero-order valence-electron chi connectivity index (χ0n) is 10.8. The van der Waals surface area contributed by atoms with Crippen LogP contribution in [0, 0.1) is 3.57 Å². The van der Waals surface area contributed by atoms with E-state index in [9.17, 15) is 4.79 Å². The molecule has 0 N–H and O–H groups in total. The summed E-state index contributed by atoms with van der Waals surface area (Å²) in [4.78, 5) is 14.1. The predicted molar refractivity (Wildman–Crippen MR) is 84.9 cm³/mol. The number of nitrogens with zero attached hydrogens (tertiary/aromatic N) is 1. The number of rotatable bonds is 3. The van der Waals surface area contributed by atoms with Gasteiger partial charge in [-0.15, -0.1) is 0 Å². The molecule has 0 radical (unpaired) electrons. The van der Waals surface area contributed by atoms with Crippen LogP contribution < -0.4 is 9.64 Å². The number of anilines is 1. The number of carbonyl (C=O) groups is 1.